The number of rotatable bonds is 6. The molecule has 1 aromatic carbocycles. The Hall–Kier alpha value is -3.32. The largest absolute Gasteiger partial charge is 0.407 e. The zero-order valence-corrected chi connectivity index (χ0v) is 17.4. The molecular weight excluding hydrogens is 421 g/mol. The Morgan fingerprint density at radius 3 is 2.69 bits per heavy atom. The fraction of sp³-hybridized carbons (Fsp3) is 0.409. The predicted molar refractivity (Wildman–Crippen MR) is 115 cm³/mol. The highest BCUT2D eigenvalue weighted by Gasteiger charge is 2.40. The number of halogens is 3. The van der Waals surface area contributed by atoms with Crippen LogP contribution >= 0.6 is 0 Å². The van der Waals surface area contributed by atoms with Gasteiger partial charge in [0.1, 0.15) is 11.4 Å². The van der Waals surface area contributed by atoms with Gasteiger partial charge in [-0.2, -0.15) is 23.5 Å². The van der Waals surface area contributed by atoms with Crippen molar-refractivity contribution in [1.29, 1.82) is 5.26 Å². The van der Waals surface area contributed by atoms with Crippen molar-refractivity contribution in [3.05, 3.63) is 52.4 Å². The lowest BCUT2D eigenvalue weighted by atomic mass is 10.1. The number of fused-ring (bicyclic) bond motifs is 1. The Morgan fingerprint density at radius 1 is 1.28 bits per heavy atom. The molecule has 3 atom stereocenters. The number of pyridine rings is 1. The molecule has 3 N–H and O–H groups in total. The molecule has 0 saturated heterocycles. The smallest absolute Gasteiger partial charge is 0.338 e. The SMILES string of the molecule is CCNC(c1ccc(Nc2nn([C@H]3CCC[C@@H]3C#N)c3cc[nH]c(=O)c23)cc1)C(F)(F)F. The molecule has 1 aliphatic carbocycles. The zero-order chi connectivity index (χ0) is 22.9. The maximum Gasteiger partial charge on any atom is 0.407 e. The summed E-state index contributed by atoms with van der Waals surface area (Å²) < 4.78 is 41.7. The van der Waals surface area contributed by atoms with Crippen molar-refractivity contribution in [2.24, 2.45) is 5.92 Å². The number of benzene rings is 1. The predicted octanol–water partition coefficient (Wildman–Crippen LogP) is 4.55. The number of nitriles is 1. The molecule has 1 aliphatic rings. The lowest BCUT2D eigenvalue weighted by Crippen LogP contribution is -2.33. The summed E-state index contributed by atoms with van der Waals surface area (Å²) >= 11 is 0. The minimum Gasteiger partial charge on any atom is -0.338 e. The second kappa shape index (κ2) is 8.67. The average Bonchev–Trinajstić information content (AvgIpc) is 3.37. The van der Waals surface area contributed by atoms with Gasteiger partial charge in [-0.15, -0.1) is 0 Å². The van der Waals surface area contributed by atoms with E-state index in [9.17, 15) is 23.2 Å². The van der Waals surface area contributed by atoms with Crippen LogP contribution in [0.25, 0.3) is 10.9 Å². The molecule has 0 bridgehead atoms. The second-order valence-corrected chi connectivity index (χ2v) is 7.87. The number of H-pyrrole nitrogens is 1. The molecule has 2 heterocycles. The first-order chi connectivity index (χ1) is 15.3. The maximum absolute atomic E-state index is 13.3. The van der Waals surface area contributed by atoms with E-state index in [1.54, 1.807) is 17.7 Å². The first-order valence-corrected chi connectivity index (χ1v) is 10.5. The van der Waals surface area contributed by atoms with E-state index in [0.717, 1.165) is 19.3 Å². The normalized spacial score (nSPS) is 19.7. The standard InChI is InChI=1S/C22H23F3N6O/c1-2-27-19(22(23,24)25)13-6-8-15(9-7-13)29-20-18-17(10-11-28-21(18)32)31(30-20)16-5-3-4-14(16)12-26/h6-11,14,16,19,27H,2-5H2,1H3,(H,28,32)(H,29,30)/t14-,16+,19?/m1/s1. The monoisotopic (exact) mass is 444 g/mol. The summed E-state index contributed by atoms with van der Waals surface area (Å²) in [6, 6.07) is 8.04. The third-order valence-electron chi connectivity index (χ3n) is 5.83. The number of hydrogen-bond donors (Lipinski definition) is 3. The van der Waals surface area contributed by atoms with E-state index < -0.39 is 12.2 Å². The first-order valence-electron chi connectivity index (χ1n) is 10.5. The fourth-order valence-corrected chi connectivity index (χ4v) is 4.35. The minimum absolute atomic E-state index is 0.0981. The van der Waals surface area contributed by atoms with Gasteiger partial charge in [-0.1, -0.05) is 19.1 Å². The van der Waals surface area contributed by atoms with Gasteiger partial charge in [0.2, 0.25) is 0 Å². The maximum atomic E-state index is 13.3. The summed E-state index contributed by atoms with van der Waals surface area (Å²) in [6.45, 7) is 1.80. The Bertz CT molecular complexity index is 1190. The zero-order valence-electron chi connectivity index (χ0n) is 17.4. The van der Waals surface area contributed by atoms with Crippen LogP contribution in [-0.2, 0) is 0 Å². The van der Waals surface area contributed by atoms with Gasteiger partial charge in [-0.3, -0.25) is 9.48 Å². The number of aromatic amines is 1. The molecule has 2 aromatic heterocycles. The highest BCUT2D eigenvalue weighted by atomic mass is 19.4. The third kappa shape index (κ3) is 4.08. The van der Waals surface area contributed by atoms with Crippen LogP contribution in [-0.4, -0.2) is 27.5 Å². The van der Waals surface area contributed by atoms with Gasteiger partial charge >= 0.3 is 6.18 Å². The second-order valence-electron chi connectivity index (χ2n) is 7.87. The van der Waals surface area contributed by atoms with Crippen LogP contribution in [0.4, 0.5) is 24.7 Å². The summed E-state index contributed by atoms with van der Waals surface area (Å²) in [7, 11) is 0. The Kier molecular flexibility index (Phi) is 5.93. The molecule has 1 unspecified atom stereocenters. The van der Waals surface area contributed by atoms with Crippen molar-refractivity contribution >= 4 is 22.4 Å². The molecule has 0 amide bonds. The first kappa shape index (κ1) is 21.9. The van der Waals surface area contributed by atoms with Gasteiger partial charge in [0, 0.05) is 11.9 Å². The van der Waals surface area contributed by atoms with Crippen LogP contribution in [0.3, 0.4) is 0 Å². The van der Waals surface area contributed by atoms with Gasteiger partial charge in [0.25, 0.3) is 5.56 Å². The fourth-order valence-electron chi connectivity index (χ4n) is 4.35. The van der Waals surface area contributed by atoms with Crippen LogP contribution in [0, 0.1) is 17.2 Å². The van der Waals surface area contributed by atoms with Crippen LogP contribution in [0.5, 0.6) is 0 Å². The number of aromatic nitrogens is 3. The number of anilines is 2. The van der Waals surface area contributed by atoms with E-state index in [2.05, 4.69) is 26.8 Å². The van der Waals surface area contributed by atoms with Gasteiger partial charge < -0.3 is 15.6 Å². The quantitative estimate of drug-likeness (QED) is 0.518. The van der Waals surface area contributed by atoms with Crippen LogP contribution in [0.15, 0.2) is 41.3 Å². The van der Waals surface area contributed by atoms with Gasteiger partial charge in [0.05, 0.1) is 23.5 Å². The Balaban J connectivity index is 1.68. The number of nitrogens with one attached hydrogen (secondary N) is 3. The Labute approximate surface area is 182 Å². The van der Waals surface area contributed by atoms with Crippen molar-refractivity contribution in [2.75, 3.05) is 11.9 Å². The van der Waals surface area contributed by atoms with Crippen LogP contribution in [0.2, 0.25) is 0 Å². The van der Waals surface area contributed by atoms with Crippen molar-refractivity contribution in [3.8, 4) is 6.07 Å². The van der Waals surface area contributed by atoms with E-state index in [4.69, 9.17) is 0 Å². The molecule has 1 fully saturated rings. The van der Waals surface area contributed by atoms with E-state index in [1.165, 1.54) is 30.5 Å². The number of hydrogen-bond acceptors (Lipinski definition) is 5. The lowest BCUT2D eigenvalue weighted by molar-refractivity contribution is -0.157. The summed E-state index contributed by atoms with van der Waals surface area (Å²) in [5.41, 5.74) is 0.887. The minimum atomic E-state index is -4.41. The van der Waals surface area contributed by atoms with E-state index in [1.807, 2.05) is 0 Å². The third-order valence-corrected chi connectivity index (χ3v) is 5.83. The van der Waals surface area contributed by atoms with Gasteiger partial charge in [0.15, 0.2) is 5.82 Å². The molecule has 0 aliphatic heterocycles. The molecule has 10 heteroatoms. The van der Waals surface area contributed by atoms with E-state index in [0.29, 0.717) is 22.4 Å². The summed E-state index contributed by atoms with van der Waals surface area (Å²) in [6.07, 6.45) is -0.396. The van der Waals surface area contributed by atoms with E-state index >= 15 is 0 Å². The van der Waals surface area contributed by atoms with Crippen molar-refractivity contribution in [3.63, 3.8) is 0 Å². The van der Waals surface area contributed by atoms with Crippen LogP contribution < -0.4 is 16.2 Å². The molecule has 32 heavy (non-hydrogen) atoms. The molecule has 4 rings (SSSR count). The Morgan fingerprint density at radius 2 is 2.03 bits per heavy atom. The van der Waals surface area contributed by atoms with E-state index in [-0.39, 0.29) is 29.6 Å². The van der Waals surface area contributed by atoms with Gasteiger partial charge in [-0.25, -0.2) is 0 Å². The number of nitrogens with zero attached hydrogens (tertiary/aromatic N) is 3. The summed E-state index contributed by atoms with van der Waals surface area (Å²) in [5.74, 6) is 0.118. The molecule has 3 aromatic rings. The van der Waals surface area contributed by atoms with Crippen molar-refractivity contribution < 1.29 is 13.2 Å². The van der Waals surface area contributed by atoms with Crippen molar-refractivity contribution in [2.45, 2.75) is 44.4 Å². The molecule has 1 saturated carbocycles. The molecule has 168 valence electrons. The molecular formula is C22H23F3N6O. The van der Waals surface area contributed by atoms with Gasteiger partial charge in [-0.05, 0) is 49.6 Å². The lowest BCUT2D eigenvalue weighted by Gasteiger charge is -2.21. The average molecular weight is 444 g/mol. The number of alkyl halides is 3. The van der Waals surface area contributed by atoms with Crippen molar-refractivity contribution in [1.82, 2.24) is 20.1 Å². The van der Waals surface area contributed by atoms with Crippen LogP contribution in [0.1, 0.15) is 43.8 Å². The summed E-state index contributed by atoms with van der Waals surface area (Å²) in [4.78, 5) is 15.2. The topological polar surface area (TPSA) is 98.5 Å². The molecule has 0 radical (unpaired) electrons. The molecule has 7 nitrogen and oxygen atoms in total. The molecule has 0 spiro atoms. The highest BCUT2D eigenvalue weighted by molar-refractivity contribution is 5.91. The summed E-state index contributed by atoms with van der Waals surface area (Å²) in [5, 5.41) is 19.9. The highest BCUT2D eigenvalue weighted by Crippen LogP contribution is 2.38.